The van der Waals surface area contributed by atoms with Crippen LogP contribution in [0.1, 0.15) is 5.56 Å². The van der Waals surface area contributed by atoms with Gasteiger partial charge in [-0.25, -0.2) is 0 Å². The molecule has 1 aromatic heterocycles. The molecule has 0 aliphatic rings. The summed E-state index contributed by atoms with van der Waals surface area (Å²) in [5, 5.41) is 11.4. The van der Waals surface area contributed by atoms with Crippen LogP contribution in [0, 0.1) is 0 Å². The van der Waals surface area contributed by atoms with Crippen LogP contribution in [0.4, 0.5) is 5.13 Å². The lowest BCUT2D eigenvalue weighted by Crippen LogP contribution is -2.14. The lowest BCUT2D eigenvalue weighted by molar-refractivity contribution is -0.115. The Hall–Kier alpha value is -1.17. The summed E-state index contributed by atoms with van der Waals surface area (Å²) in [4.78, 5) is 11.7. The molecule has 4 nitrogen and oxygen atoms in total. The molecule has 0 spiro atoms. The van der Waals surface area contributed by atoms with Crippen molar-refractivity contribution in [3.8, 4) is 0 Å². The second kappa shape index (κ2) is 5.44. The Morgan fingerprint density at radius 2 is 2.06 bits per heavy atom. The normalized spacial score (nSPS) is 10.2. The van der Waals surface area contributed by atoms with Gasteiger partial charge in [0.1, 0.15) is 5.51 Å². The van der Waals surface area contributed by atoms with Crippen molar-refractivity contribution in [1.29, 1.82) is 0 Å². The first-order valence-corrected chi connectivity index (χ1v) is 6.29. The number of nitrogens with one attached hydrogen (secondary N) is 1. The van der Waals surface area contributed by atoms with Crippen molar-refractivity contribution in [2.24, 2.45) is 0 Å². The average molecular weight is 288 g/mol. The quantitative estimate of drug-likeness (QED) is 0.944. The Morgan fingerprint density at radius 3 is 2.65 bits per heavy atom. The number of hydrogen-bond donors (Lipinski definition) is 1. The molecule has 0 aliphatic carbocycles. The number of halogens is 2. The molecule has 0 fully saturated rings. The molecule has 88 valence electrons. The fraction of sp³-hybridized carbons (Fsp3) is 0.100. The number of benzene rings is 1. The summed E-state index contributed by atoms with van der Waals surface area (Å²) in [5.74, 6) is -0.225. The number of rotatable bonds is 3. The molecule has 0 bridgehead atoms. The maximum atomic E-state index is 11.7. The van der Waals surface area contributed by atoms with E-state index in [1.165, 1.54) is 16.8 Å². The zero-order valence-electron chi connectivity index (χ0n) is 8.48. The van der Waals surface area contributed by atoms with Crippen molar-refractivity contribution in [2.75, 3.05) is 5.32 Å². The molecule has 17 heavy (non-hydrogen) atoms. The van der Waals surface area contributed by atoms with E-state index in [0.29, 0.717) is 20.7 Å². The van der Waals surface area contributed by atoms with Crippen LogP contribution in [0.25, 0.3) is 0 Å². The molecule has 1 N–H and O–H groups in total. The third-order valence-corrected chi connectivity index (χ3v) is 3.32. The van der Waals surface area contributed by atoms with Gasteiger partial charge < -0.3 is 5.32 Å². The molecule has 2 aromatic rings. The van der Waals surface area contributed by atoms with Crippen LogP contribution in [0.2, 0.25) is 10.0 Å². The van der Waals surface area contributed by atoms with Gasteiger partial charge in [0.2, 0.25) is 11.0 Å². The van der Waals surface area contributed by atoms with E-state index in [9.17, 15) is 4.79 Å². The molecule has 1 heterocycles. The topological polar surface area (TPSA) is 54.9 Å². The summed E-state index contributed by atoms with van der Waals surface area (Å²) >= 11 is 13.2. The van der Waals surface area contributed by atoms with Crippen molar-refractivity contribution < 1.29 is 4.79 Å². The Kier molecular flexibility index (Phi) is 3.93. The summed E-state index contributed by atoms with van der Waals surface area (Å²) in [6, 6.07) is 5.12. The third-order valence-electron chi connectivity index (χ3n) is 2.01. The fourth-order valence-corrected chi connectivity index (χ4v) is 2.25. The highest BCUT2D eigenvalue weighted by atomic mass is 35.5. The highest BCUT2D eigenvalue weighted by Crippen LogP contribution is 2.25. The summed E-state index contributed by atoms with van der Waals surface area (Å²) in [6.07, 6.45) is 0.109. The van der Waals surface area contributed by atoms with Gasteiger partial charge in [0, 0.05) is 10.0 Å². The van der Waals surface area contributed by atoms with E-state index >= 15 is 0 Å². The lowest BCUT2D eigenvalue weighted by atomic mass is 10.1. The summed E-state index contributed by atoms with van der Waals surface area (Å²) in [7, 11) is 0. The van der Waals surface area contributed by atoms with Gasteiger partial charge in [-0.1, -0.05) is 40.6 Å². The van der Waals surface area contributed by atoms with Crippen molar-refractivity contribution in [3.05, 3.63) is 39.3 Å². The van der Waals surface area contributed by atoms with Gasteiger partial charge in [0.05, 0.1) is 6.42 Å². The number of hydrogen-bond acceptors (Lipinski definition) is 4. The SMILES string of the molecule is O=C(Cc1c(Cl)cccc1Cl)Nc1nncs1. The molecule has 0 aliphatic heterocycles. The molecule has 0 unspecified atom stereocenters. The summed E-state index contributed by atoms with van der Waals surface area (Å²) in [5.41, 5.74) is 2.15. The molecule has 1 aromatic carbocycles. The zero-order valence-corrected chi connectivity index (χ0v) is 10.8. The van der Waals surface area contributed by atoms with E-state index < -0.39 is 0 Å². The molecular formula is C10H7Cl2N3OS. The van der Waals surface area contributed by atoms with Gasteiger partial charge in [-0.15, -0.1) is 10.2 Å². The first kappa shape index (κ1) is 12.3. The lowest BCUT2D eigenvalue weighted by Gasteiger charge is -2.05. The molecule has 0 atom stereocenters. The Morgan fingerprint density at radius 1 is 1.35 bits per heavy atom. The standard InChI is InChI=1S/C10H7Cl2N3OS/c11-7-2-1-3-8(12)6(7)4-9(16)14-10-15-13-5-17-10/h1-3,5H,4H2,(H,14,15,16). The minimum atomic E-state index is -0.225. The molecule has 0 saturated carbocycles. The van der Waals surface area contributed by atoms with Crippen molar-refractivity contribution in [2.45, 2.75) is 6.42 Å². The zero-order chi connectivity index (χ0) is 12.3. The van der Waals surface area contributed by atoms with Crippen LogP contribution in [-0.4, -0.2) is 16.1 Å². The van der Waals surface area contributed by atoms with E-state index in [0.717, 1.165) is 0 Å². The largest absolute Gasteiger partial charge is 0.300 e. The van der Waals surface area contributed by atoms with E-state index in [1.807, 2.05) is 0 Å². The first-order chi connectivity index (χ1) is 8.16. The highest BCUT2D eigenvalue weighted by Gasteiger charge is 2.11. The number of aromatic nitrogens is 2. The minimum Gasteiger partial charge on any atom is -0.300 e. The van der Waals surface area contributed by atoms with E-state index in [4.69, 9.17) is 23.2 Å². The minimum absolute atomic E-state index is 0.109. The average Bonchev–Trinajstić information content (AvgIpc) is 2.76. The van der Waals surface area contributed by atoms with Crippen LogP contribution in [-0.2, 0) is 11.2 Å². The van der Waals surface area contributed by atoms with E-state index in [1.54, 1.807) is 18.2 Å². The molecule has 0 saturated heterocycles. The van der Waals surface area contributed by atoms with Crippen molar-refractivity contribution >= 4 is 45.6 Å². The third kappa shape index (κ3) is 3.15. The monoisotopic (exact) mass is 287 g/mol. The fourth-order valence-electron chi connectivity index (χ4n) is 1.25. The van der Waals surface area contributed by atoms with Gasteiger partial charge in [0.25, 0.3) is 0 Å². The number of carbonyl (C=O) groups is 1. The van der Waals surface area contributed by atoms with Crippen molar-refractivity contribution in [3.63, 3.8) is 0 Å². The Balaban J connectivity index is 2.08. The van der Waals surface area contributed by atoms with Crippen LogP contribution in [0.5, 0.6) is 0 Å². The number of carbonyl (C=O) groups excluding carboxylic acids is 1. The molecule has 1 amide bonds. The molecule has 7 heteroatoms. The van der Waals surface area contributed by atoms with Crippen LogP contribution >= 0.6 is 34.5 Å². The summed E-state index contributed by atoms with van der Waals surface area (Å²) in [6.45, 7) is 0. The Bertz CT molecular complexity index is 510. The van der Waals surface area contributed by atoms with Crippen LogP contribution in [0.3, 0.4) is 0 Å². The van der Waals surface area contributed by atoms with E-state index in [2.05, 4.69) is 15.5 Å². The second-order valence-corrected chi connectivity index (χ2v) is 4.82. The maximum absolute atomic E-state index is 11.7. The van der Waals surface area contributed by atoms with Crippen LogP contribution in [0.15, 0.2) is 23.7 Å². The van der Waals surface area contributed by atoms with Crippen molar-refractivity contribution in [1.82, 2.24) is 10.2 Å². The number of amides is 1. The molecular weight excluding hydrogens is 281 g/mol. The predicted molar refractivity (Wildman–Crippen MR) is 68.7 cm³/mol. The van der Waals surface area contributed by atoms with Gasteiger partial charge in [0.15, 0.2) is 0 Å². The smallest absolute Gasteiger partial charge is 0.230 e. The Labute approximate surface area is 112 Å². The highest BCUT2D eigenvalue weighted by molar-refractivity contribution is 7.13. The van der Waals surface area contributed by atoms with Crippen LogP contribution < -0.4 is 5.32 Å². The second-order valence-electron chi connectivity index (χ2n) is 3.17. The first-order valence-electron chi connectivity index (χ1n) is 4.65. The maximum Gasteiger partial charge on any atom is 0.230 e. The predicted octanol–water partition coefficient (Wildman–Crippen LogP) is 3.03. The molecule has 0 radical (unpaired) electrons. The van der Waals surface area contributed by atoms with Gasteiger partial charge in [-0.3, -0.25) is 4.79 Å². The van der Waals surface area contributed by atoms with Gasteiger partial charge in [-0.2, -0.15) is 0 Å². The summed E-state index contributed by atoms with van der Waals surface area (Å²) < 4.78 is 0. The van der Waals surface area contributed by atoms with Gasteiger partial charge >= 0.3 is 0 Å². The number of nitrogens with zero attached hydrogens (tertiary/aromatic N) is 2. The van der Waals surface area contributed by atoms with Gasteiger partial charge in [-0.05, 0) is 17.7 Å². The molecule has 2 rings (SSSR count). The number of anilines is 1. The van der Waals surface area contributed by atoms with E-state index in [-0.39, 0.29) is 12.3 Å².